The van der Waals surface area contributed by atoms with Crippen LogP contribution in [0.15, 0.2) is 23.1 Å². The molecule has 0 saturated carbocycles. The van der Waals surface area contributed by atoms with Crippen molar-refractivity contribution < 1.29 is 17.9 Å². The molecule has 1 aromatic rings. The maximum atomic E-state index is 12.9. The van der Waals surface area contributed by atoms with Crippen LogP contribution in [0.4, 0.5) is 0 Å². The zero-order valence-corrected chi connectivity index (χ0v) is 15.6. The van der Waals surface area contributed by atoms with E-state index < -0.39 is 16.0 Å². The van der Waals surface area contributed by atoms with E-state index in [0.717, 1.165) is 12.8 Å². The number of ether oxygens (including phenoxy) is 1. The van der Waals surface area contributed by atoms with E-state index in [-0.39, 0.29) is 28.0 Å². The van der Waals surface area contributed by atoms with Crippen molar-refractivity contribution in [2.75, 3.05) is 19.7 Å². The molecule has 136 valence electrons. The van der Waals surface area contributed by atoms with Crippen LogP contribution in [-0.2, 0) is 14.8 Å². The Balaban J connectivity index is 2.20. The van der Waals surface area contributed by atoms with Gasteiger partial charge in [0, 0.05) is 19.5 Å². The molecule has 1 heterocycles. The van der Waals surface area contributed by atoms with E-state index >= 15 is 0 Å². The van der Waals surface area contributed by atoms with Gasteiger partial charge in [-0.1, -0.05) is 18.5 Å². The summed E-state index contributed by atoms with van der Waals surface area (Å²) in [4.78, 5) is 12.0. The molecule has 0 spiro atoms. The van der Waals surface area contributed by atoms with E-state index in [9.17, 15) is 13.2 Å². The van der Waals surface area contributed by atoms with E-state index in [1.807, 2.05) is 13.0 Å². The minimum atomic E-state index is -3.76. The third kappa shape index (κ3) is 4.94. The molecule has 1 aliphatic rings. The first kappa shape index (κ1) is 19.7. The highest BCUT2D eigenvalue weighted by Gasteiger charge is 2.31. The molecule has 0 aliphatic carbocycles. The van der Waals surface area contributed by atoms with Gasteiger partial charge in [-0.05, 0) is 43.4 Å². The predicted octanol–water partition coefficient (Wildman–Crippen LogP) is 3.22. The van der Waals surface area contributed by atoms with E-state index in [2.05, 4.69) is 0 Å². The molecule has 0 radical (unpaired) electrons. The monoisotopic (exact) mass is 384 g/mol. The van der Waals surface area contributed by atoms with Crippen molar-refractivity contribution in [2.24, 2.45) is 5.92 Å². The van der Waals surface area contributed by atoms with Gasteiger partial charge in [0.25, 0.3) is 0 Å². The molecular weight excluding hydrogens is 364 g/mol. The first-order valence-electron chi connectivity index (χ1n) is 8.20. The van der Waals surface area contributed by atoms with Gasteiger partial charge in [0.05, 0.1) is 23.3 Å². The Hall–Kier alpha value is -1.62. The lowest BCUT2D eigenvalue weighted by Crippen LogP contribution is -2.39. The molecule has 1 unspecified atom stereocenters. The Bertz CT molecular complexity index is 773. The van der Waals surface area contributed by atoms with Crippen LogP contribution in [0.3, 0.4) is 0 Å². The Kier molecular flexibility index (Phi) is 6.82. The molecule has 1 aliphatic heterocycles. The zero-order chi connectivity index (χ0) is 18.4. The van der Waals surface area contributed by atoms with E-state index in [4.69, 9.17) is 21.6 Å². The minimum Gasteiger partial charge on any atom is -0.462 e. The van der Waals surface area contributed by atoms with Crippen LogP contribution >= 0.6 is 11.6 Å². The molecule has 1 fully saturated rings. The summed E-state index contributed by atoms with van der Waals surface area (Å²) in [6.07, 6.45) is 2.53. The predicted molar refractivity (Wildman–Crippen MR) is 93.7 cm³/mol. The van der Waals surface area contributed by atoms with Gasteiger partial charge in [-0.15, -0.1) is 0 Å². The molecule has 1 saturated heterocycles. The van der Waals surface area contributed by atoms with Gasteiger partial charge in [0.2, 0.25) is 10.0 Å². The molecule has 0 amide bonds. The smallest absolute Gasteiger partial charge is 0.338 e. The van der Waals surface area contributed by atoms with Gasteiger partial charge >= 0.3 is 5.97 Å². The minimum absolute atomic E-state index is 0.0743. The average Bonchev–Trinajstić information content (AvgIpc) is 2.58. The second kappa shape index (κ2) is 8.65. The summed E-state index contributed by atoms with van der Waals surface area (Å²) in [5.74, 6) is -0.339. The fourth-order valence-electron chi connectivity index (χ4n) is 2.73. The number of piperidine rings is 1. The highest BCUT2D eigenvalue weighted by molar-refractivity contribution is 7.89. The molecule has 8 heteroatoms. The van der Waals surface area contributed by atoms with E-state index in [1.165, 1.54) is 22.5 Å². The third-order valence-electron chi connectivity index (χ3n) is 4.07. The van der Waals surface area contributed by atoms with E-state index in [0.29, 0.717) is 25.9 Å². The van der Waals surface area contributed by atoms with Gasteiger partial charge in [0.15, 0.2) is 0 Å². The molecule has 0 aromatic heterocycles. The number of sulfonamides is 1. The van der Waals surface area contributed by atoms with Crippen molar-refractivity contribution >= 4 is 27.6 Å². The van der Waals surface area contributed by atoms with E-state index in [1.54, 1.807) is 0 Å². The number of unbranched alkanes of at least 4 members (excludes halogenated alkanes) is 1. The quantitative estimate of drug-likeness (QED) is 0.555. The van der Waals surface area contributed by atoms with Crippen molar-refractivity contribution in [2.45, 2.75) is 37.5 Å². The standard InChI is InChI=1S/C17H21ClN2O4S/c1-13-5-4-9-20(12-13)25(22,23)16-11-14(6-7-15(16)18)17(21)24-10-3-2-8-19/h6-7,11,13H,2-5,9-10,12H2,1H3. The molecule has 1 atom stereocenters. The number of carbonyl (C=O) groups is 1. The number of nitrogens with zero attached hydrogens (tertiary/aromatic N) is 2. The molecule has 0 N–H and O–H groups in total. The van der Waals surface area contributed by atoms with Gasteiger partial charge in [-0.3, -0.25) is 0 Å². The first-order valence-corrected chi connectivity index (χ1v) is 10.0. The third-order valence-corrected chi connectivity index (χ3v) is 6.42. The summed E-state index contributed by atoms with van der Waals surface area (Å²) < 4.78 is 32.2. The van der Waals surface area contributed by atoms with Crippen molar-refractivity contribution in [1.29, 1.82) is 5.26 Å². The second-order valence-electron chi connectivity index (χ2n) is 6.15. The lowest BCUT2D eigenvalue weighted by Gasteiger charge is -2.30. The normalized spacial score (nSPS) is 18.5. The SMILES string of the molecule is CC1CCCN(S(=O)(=O)c2cc(C(=O)OCCCC#N)ccc2Cl)C1. The Labute approximate surface area is 153 Å². The number of rotatable bonds is 6. The number of benzene rings is 1. The van der Waals surface area contributed by atoms with Gasteiger partial charge in [-0.25, -0.2) is 13.2 Å². The van der Waals surface area contributed by atoms with Crippen LogP contribution < -0.4 is 0 Å². The molecule has 2 rings (SSSR count). The lowest BCUT2D eigenvalue weighted by molar-refractivity contribution is 0.0501. The first-order chi connectivity index (χ1) is 11.9. The number of hydrogen-bond donors (Lipinski definition) is 0. The number of halogens is 1. The van der Waals surface area contributed by atoms with Crippen LogP contribution in [0.2, 0.25) is 5.02 Å². The van der Waals surface area contributed by atoms with Gasteiger partial charge in [0.1, 0.15) is 4.90 Å². The highest BCUT2D eigenvalue weighted by atomic mass is 35.5. The lowest BCUT2D eigenvalue weighted by atomic mass is 10.0. The number of esters is 1. The Morgan fingerprint density at radius 3 is 2.92 bits per heavy atom. The number of nitriles is 1. The van der Waals surface area contributed by atoms with Crippen molar-refractivity contribution in [1.82, 2.24) is 4.31 Å². The highest BCUT2D eigenvalue weighted by Crippen LogP contribution is 2.29. The van der Waals surface area contributed by atoms with Crippen LogP contribution in [0.1, 0.15) is 43.0 Å². The summed E-state index contributed by atoms with van der Waals surface area (Å²) in [6.45, 7) is 3.02. The summed E-state index contributed by atoms with van der Waals surface area (Å²) in [7, 11) is -3.76. The van der Waals surface area contributed by atoms with Crippen LogP contribution in [0.25, 0.3) is 0 Å². The second-order valence-corrected chi connectivity index (χ2v) is 8.47. The van der Waals surface area contributed by atoms with Crippen molar-refractivity contribution in [3.8, 4) is 6.07 Å². The topological polar surface area (TPSA) is 87.5 Å². The molecule has 0 bridgehead atoms. The largest absolute Gasteiger partial charge is 0.462 e. The number of hydrogen-bond acceptors (Lipinski definition) is 5. The molecule has 6 nitrogen and oxygen atoms in total. The molecular formula is C17H21ClN2O4S. The maximum absolute atomic E-state index is 12.9. The van der Waals surface area contributed by atoms with Crippen LogP contribution in [0.5, 0.6) is 0 Å². The summed E-state index contributed by atoms with van der Waals surface area (Å²) in [6, 6.07) is 6.07. The van der Waals surface area contributed by atoms with Gasteiger partial charge in [-0.2, -0.15) is 9.57 Å². The zero-order valence-electron chi connectivity index (χ0n) is 14.1. The van der Waals surface area contributed by atoms with Crippen LogP contribution in [0, 0.1) is 17.2 Å². The maximum Gasteiger partial charge on any atom is 0.338 e. The summed E-state index contributed by atoms with van der Waals surface area (Å²) in [5, 5.41) is 8.55. The van der Waals surface area contributed by atoms with Crippen molar-refractivity contribution in [3.63, 3.8) is 0 Å². The Morgan fingerprint density at radius 2 is 2.24 bits per heavy atom. The number of carbonyl (C=O) groups excluding carboxylic acids is 1. The molecule has 1 aromatic carbocycles. The Morgan fingerprint density at radius 1 is 1.48 bits per heavy atom. The molecule has 25 heavy (non-hydrogen) atoms. The fourth-order valence-corrected chi connectivity index (χ4v) is 4.83. The van der Waals surface area contributed by atoms with Crippen LogP contribution in [-0.4, -0.2) is 38.4 Å². The fraction of sp³-hybridized carbons (Fsp3) is 0.529. The summed E-state index contributed by atoms with van der Waals surface area (Å²) >= 11 is 6.09. The van der Waals surface area contributed by atoms with Gasteiger partial charge < -0.3 is 4.74 Å². The van der Waals surface area contributed by atoms with Crippen molar-refractivity contribution in [3.05, 3.63) is 28.8 Å². The summed E-state index contributed by atoms with van der Waals surface area (Å²) in [5.41, 5.74) is 0.130. The average molecular weight is 385 g/mol.